The second-order valence-corrected chi connectivity index (χ2v) is 6.75. The maximum atomic E-state index is 11.6. The first-order chi connectivity index (χ1) is 9.43. The van der Waals surface area contributed by atoms with E-state index in [1.54, 1.807) is 23.9 Å². The maximum Gasteiger partial charge on any atom is 0.211 e. The third-order valence-electron chi connectivity index (χ3n) is 3.09. The van der Waals surface area contributed by atoms with Gasteiger partial charge in [-0.3, -0.25) is 4.68 Å². The summed E-state index contributed by atoms with van der Waals surface area (Å²) in [4.78, 5) is 0. The monoisotopic (exact) mass is 297 g/mol. The molecule has 0 radical (unpaired) electrons. The molecule has 2 rings (SSSR count). The summed E-state index contributed by atoms with van der Waals surface area (Å²) >= 11 is 0. The van der Waals surface area contributed by atoms with Crippen LogP contribution in [0.4, 0.5) is 0 Å². The molecule has 2 heterocycles. The number of hydrogen-bond donors (Lipinski definition) is 1. The lowest BCUT2D eigenvalue weighted by molar-refractivity contribution is 0.397. The quantitative estimate of drug-likeness (QED) is 0.879. The molecule has 0 amide bonds. The van der Waals surface area contributed by atoms with Gasteiger partial charge < -0.3 is 4.42 Å². The number of aromatic nitrogens is 2. The Morgan fingerprint density at radius 3 is 2.70 bits per heavy atom. The zero-order valence-corrected chi connectivity index (χ0v) is 12.6. The molecule has 0 aliphatic heterocycles. The number of hydrogen-bond acceptors (Lipinski definition) is 4. The Morgan fingerprint density at radius 1 is 1.45 bits per heavy atom. The van der Waals surface area contributed by atoms with E-state index in [4.69, 9.17) is 4.42 Å². The Bertz CT molecular complexity index is 659. The standard InChI is InChI=1S/C13H19N3O3S/c1-4-20(17,18)14-9-12(13-6-5-7-19-13)16-11(3)8-10(2)15-16/h5-8,12,14H,4,9H2,1-3H3. The molecule has 1 unspecified atom stereocenters. The lowest BCUT2D eigenvalue weighted by Crippen LogP contribution is -2.33. The number of nitrogens with one attached hydrogen (secondary N) is 1. The van der Waals surface area contributed by atoms with Crippen LogP contribution < -0.4 is 4.72 Å². The molecular weight excluding hydrogens is 278 g/mol. The molecule has 2 aromatic heterocycles. The molecule has 1 atom stereocenters. The minimum Gasteiger partial charge on any atom is -0.467 e. The van der Waals surface area contributed by atoms with Gasteiger partial charge in [0.15, 0.2) is 0 Å². The van der Waals surface area contributed by atoms with Crippen molar-refractivity contribution in [2.24, 2.45) is 0 Å². The first-order valence-electron chi connectivity index (χ1n) is 6.46. The van der Waals surface area contributed by atoms with E-state index in [-0.39, 0.29) is 18.3 Å². The number of sulfonamides is 1. The summed E-state index contributed by atoms with van der Waals surface area (Å²) in [5.41, 5.74) is 1.84. The van der Waals surface area contributed by atoms with Crippen LogP contribution in [0.2, 0.25) is 0 Å². The predicted octanol–water partition coefficient (Wildman–Crippen LogP) is 1.62. The summed E-state index contributed by atoms with van der Waals surface area (Å²) in [5.74, 6) is 0.727. The van der Waals surface area contributed by atoms with Gasteiger partial charge in [0.1, 0.15) is 11.8 Å². The molecular formula is C13H19N3O3S. The molecule has 1 N–H and O–H groups in total. The lowest BCUT2D eigenvalue weighted by atomic mass is 10.2. The van der Waals surface area contributed by atoms with Crippen molar-refractivity contribution in [2.75, 3.05) is 12.3 Å². The van der Waals surface area contributed by atoms with Gasteiger partial charge >= 0.3 is 0 Å². The van der Waals surface area contributed by atoms with Crippen molar-refractivity contribution in [2.45, 2.75) is 26.8 Å². The first-order valence-corrected chi connectivity index (χ1v) is 8.11. The van der Waals surface area contributed by atoms with Crippen LogP contribution in [-0.4, -0.2) is 30.5 Å². The highest BCUT2D eigenvalue weighted by Gasteiger charge is 2.21. The van der Waals surface area contributed by atoms with Gasteiger partial charge in [0, 0.05) is 12.2 Å². The van der Waals surface area contributed by atoms with Crippen LogP contribution in [-0.2, 0) is 10.0 Å². The van der Waals surface area contributed by atoms with Gasteiger partial charge in [-0.15, -0.1) is 0 Å². The summed E-state index contributed by atoms with van der Waals surface area (Å²) in [7, 11) is -3.25. The van der Waals surface area contributed by atoms with Crippen molar-refractivity contribution in [3.63, 3.8) is 0 Å². The van der Waals surface area contributed by atoms with Gasteiger partial charge in [-0.05, 0) is 39.0 Å². The fourth-order valence-electron chi connectivity index (χ4n) is 2.06. The van der Waals surface area contributed by atoms with E-state index >= 15 is 0 Å². The largest absolute Gasteiger partial charge is 0.467 e. The summed E-state index contributed by atoms with van der Waals surface area (Å²) in [6.45, 7) is 5.66. The Kier molecular flexibility index (Phi) is 4.29. The fraction of sp³-hybridized carbons (Fsp3) is 0.462. The van der Waals surface area contributed by atoms with Crippen LogP contribution in [0.1, 0.15) is 30.1 Å². The number of furan rings is 1. The van der Waals surface area contributed by atoms with E-state index < -0.39 is 10.0 Å². The summed E-state index contributed by atoms with van der Waals surface area (Å²) in [6, 6.07) is 5.26. The highest BCUT2D eigenvalue weighted by atomic mass is 32.2. The van der Waals surface area contributed by atoms with E-state index in [1.807, 2.05) is 26.0 Å². The van der Waals surface area contributed by atoms with Gasteiger partial charge in [-0.1, -0.05) is 0 Å². The molecule has 0 saturated carbocycles. The second kappa shape index (κ2) is 5.80. The van der Waals surface area contributed by atoms with Crippen molar-refractivity contribution in [3.05, 3.63) is 41.6 Å². The SMILES string of the molecule is CCS(=O)(=O)NCC(c1ccco1)n1nc(C)cc1C. The Hall–Kier alpha value is -1.60. The van der Waals surface area contributed by atoms with Gasteiger partial charge in [-0.2, -0.15) is 5.10 Å². The zero-order valence-electron chi connectivity index (χ0n) is 11.8. The second-order valence-electron chi connectivity index (χ2n) is 4.65. The van der Waals surface area contributed by atoms with E-state index in [0.717, 1.165) is 11.4 Å². The molecule has 0 aliphatic rings. The van der Waals surface area contributed by atoms with E-state index in [1.165, 1.54) is 0 Å². The average molecular weight is 297 g/mol. The molecule has 0 aromatic carbocycles. The molecule has 7 heteroatoms. The molecule has 0 saturated heterocycles. The Labute approximate surface area is 118 Å². The summed E-state index contributed by atoms with van der Waals surface area (Å²) < 4.78 is 33.0. The van der Waals surface area contributed by atoms with Crippen molar-refractivity contribution in [3.8, 4) is 0 Å². The van der Waals surface area contributed by atoms with Crippen LogP contribution in [0.15, 0.2) is 28.9 Å². The summed E-state index contributed by atoms with van der Waals surface area (Å²) in [5, 5.41) is 4.41. The lowest BCUT2D eigenvalue weighted by Gasteiger charge is -2.17. The Morgan fingerprint density at radius 2 is 2.20 bits per heavy atom. The maximum absolute atomic E-state index is 11.6. The van der Waals surface area contributed by atoms with Crippen molar-refractivity contribution < 1.29 is 12.8 Å². The van der Waals surface area contributed by atoms with Crippen LogP contribution in [0.5, 0.6) is 0 Å². The van der Waals surface area contributed by atoms with E-state index in [9.17, 15) is 8.42 Å². The Balaban J connectivity index is 2.29. The van der Waals surface area contributed by atoms with Crippen LogP contribution in [0.25, 0.3) is 0 Å². The van der Waals surface area contributed by atoms with Gasteiger partial charge in [0.25, 0.3) is 0 Å². The van der Waals surface area contributed by atoms with Gasteiger partial charge in [0.2, 0.25) is 10.0 Å². The topological polar surface area (TPSA) is 77.1 Å². The highest BCUT2D eigenvalue weighted by molar-refractivity contribution is 7.89. The van der Waals surface area contributed by atoms with Crippen molar-refractivity contribution >= 4 is 10.0 Å². The minimum absolute atomic E-state index is 0.0506. The van der Waals surface area contributed by atoms with Crippen molar-refractivity contribution in [1.29, 1.82) is 0 Å². The number of rotatable bonds is 6. The molecule has 2 aromatic rings. The molecule has 6 nitrogen and oxygen atoms in total. The van der Waals surface area contributed by atoms with Crippen LogP contribution in [0, 0.1) is 13.8 Å². The smallest absolute Gasteiger partial charge is 0.211 e. The van der Waals surface area contributed by atoms with E-state index in [2.05, 4.69) is 9.82 Å². The van der Waals surface area contributed by atoms with E-state index in [0.29, 0.717) is 5.76 Å². The molecule has 0 bridgehead atoms. The normalized spacial score (nSPS) is 13.6. The van der Waals surface area contributed by atoms with Crippen LogP contribution in [0.3, 0.4) is 0 Å². The zero-order chi connectivity index (χ0) is 14.8. The summed E-state index contributed by atoms with van der Waals surface area (Å²) in [6.07, 6.45) is 1.57. The third-order valence-corrected chi connectivity index (χ3v) is 4.45. The third kappa shape index (κ3) is 3.29. The van der Waals surface area contributed by atoms with Crippen LogP contribution >= 0.6 is 0 Å². The highest BCUT2D eigenvalue weighted by Crippen LogP contribution is 2.20. The molecule has 0 spiro atoms. The first kappa shape index (κ1) is 14.8. The minimum atomic E-state index is -3.25. The molecule has 0 fully saturated rings. The molecule has 20 heavy (non-hydrogen) atoms. The molecule has 110 valence electrons. The van der Waals surface area contributed by atoms with Crippen molar-refractivity contribution in [1.82, 2.24) is 14.5 Å². The van der Waals surface area contributed by atoms with Gasteiger partial charge in [0.05, 0.1) is 17.7 Å². The van der Waals surface area contributed by atoms with Gasteiger partial charge in [-0.25, -0.2) is 13.1 Å². The number of nitrogens with zero attached hydrogens (tertiary/aromatic N) is 2. The molecule has 0 aliphatic carbocycles. The average Bonchev–Trinajstić information content (AvgIpc) is 3.01. The fourth-order valence-corrected chi connectivity index (χ4v) is 2.67. The predicted molar refractivity (Wildman–Crippen MR) is 76.0 cm³/mol. The number of aryl methyl sites for hydroxylation is 2.